The van der Waals surface area contributed by atoms with E-state index in [1.54, 1.807) is 12.1 Å². The number of benzene rings is 1. The minimum absolute atomic E-state index is 0.171. The van der Waals surface area contributed by atoms with Gasteiger partial charge in [0.1, 0.15) is 0 Å². The van der Waals surface area contributed by atoms with Crippen molar-refractivity contribution in [2.45, 2.75) is 19.3 Å². The van der Waals surface area contributed by atoms with E-state index in [-0.39, 0.29) is 11.8 Å². The molecule has 1 aromatic carbocycles. The molecule has 1 rings (SSSR count). The number of rotatable bonds is 3. The number of amides is 1. The molecule has 14 heavy (non-hydrogen) atoms. The summed E-state index contributed by atoms with van der Waals surface area (Å²) in [6.45, 7) is 1.94. The van der Waals surface area contributed by atoms with Gasteiger partial charge in [-0.2, -0.15) is 0 Å². The van der Waals surface area contributed by atoms with Crippen molar-refractivity contribution in [3.8, 4) is 0 Å². The molecule has 1 atom stereocenters. The molecule has 0 aromatic heterocycles. The number of hydrogen-bond donors (Lipinski definition) is 2. The maximum atomic E-state index is 11.4. The van der Waals surface area contributed by atoms with Gasteiger partial charge in [-0.25, -0.2) is 5.84 Å². The molecule has 0 bridgehead atoms. The summed E-state index contributed by atoms with van der Waals surface area (Å²) in [7, 11) is 0. The molecule has 1 unspecified atom stereocenters. The molecule has 0 saturated heterocycles. The first-order valence-electron chi connectivity index (χ1n) is 4.45. The molecule has 3 N–H and O–H groups in total. The van der Waals surface area contributed by atoms with Gasteiger partial charge in [0, 0.05) is 5.02 Å². The number of hydrogen-bond acceptors (Lipinski definition) is 2. The van der Waals surface area contributed by atoms with Crippen molar-refractivity contribution in [3.63, 3.8) is 0 Å². The maximum Gasteiger partial charge on any atom is 0.241 e. The van der Waals surface area contributed by atoms with Crippen LogP contribution in [0.5, 0.6) is 0 Å². The summed E-state index contributed by atoms with van der Waals surface area (Å²) in [5.41, 5.74) is 3.09. The normalized spacial score (nSPS) is 12.2. The number of nitrogens with one attached hydrogen (secondary N) is 1. The van der Waals surface area contributed by atoms with Gasteiger partial charge in [-0.3, -0.25) is 10.2 Å². The van der Waals surface area contributed by atoms with Crippen LogP contribution in [0.1, 0.15) is 24.8 Å². The van der Waals surface area contributed by atoms with Crippen molar-refractivity contribution in [1.29, 1.82) is 0 Å². The lowest BCUT2D eigenvalue weighted by Crippen LogP contribution is -2.34. The van der Waals surface area contributed by atoms with E-state index in [9.17, 15) is 4.79 Å². The molecule has 3 nitrogen and oxygen atoms in total. The average Bonchev–Trinajstić information content (AvgIpc) is 2.21. The molecule has 0 aliphatic rings. The highest BCUT2D eigenvalue weighted by Crippen LogP contribution is 2.21. The van der Waals surface area contributed by atoms with Crippen molar-refractivity contribution in [1.82, 2.24) is 5.43 Å². The van der Waals surface area contributed by atoms with Crippen LogP contribution >= 0.6 is 11.6 Å². The molecule has 1 aromatic rings. The highest BCUT2D eigenvalue weighted by atomic mass is 35.5. The Kier molecular flexibility index (Phi) is 3.92. The number of hydrazine groups is 1. The largest absolute Gasteiger partial charge is 0.294 e. The Morgan fingerprint density at radius 3 is 2.50 bits per heavy atom. The van der Waals surface area contributed by atoms with Gasteiger partial charge in [0.05, 0.1) is 5.92 Å². The van der Waals surface area contributed by atoms with Gasteiger partial charge in [0.15, 0.2) is 0 Å². The van der Waals surface area contributed by atoms with Gasteiger partial charge in [-0.1, -0.05) is 30.7 Å². The van der Waals surface area contributed by atoms with Gasteiger partial charge < -0.3 is 0 Å². The third-order valence-corrected chi connectivity index (χ3v) is 2.39. The summed E-state index contributed by atoms with van der Waals surface area (Å²) in [5.74, 6) is 4.72. The highest BCUT2D eigenvalue weighted by Gasteiger charge is 2.16. The van der Waals surface area contributed by atoms with Crippen LogP contribution in [0, 0.1) is 0 Å². The lowest BCUT2D eigenvalue weighted by molar-refractivity contribution is -0.122. The number of halogens is 1. The summed E-state index contributed by atoms with van der Waals surface area (Å²) in [4.78, 5) is 11.4. The first kappa shape index (κ1) is 11.0. The predicted octanol–water partition coefficient (Wildman–Crippen LogP) is 1.82. The maximum absolute atomic E-state index is 11.4. The third kappa shape index (κ3) is 2.47. The van der Waals surface area contributed by atoms with Gasteiger partial charge in [0.25, 0.3) is 0 Å². The molecule has 1 amide bonds. The van der Waals surface area contributed by atoms with E-state index in [1.165, 1.54) is 0 Å². The van der Waals surface area contributed by atoms with E-state index in [0.717, 1.165) is 5.56 Å². The molecule has 76 valence electrons. The van der Waals surface area contributed by atoms with Crippen LogP contribution in [0.3, 0.4) is 0 Å². The second-order valence-corrected chi connectivity index (χ2v) is 3.46. The molecule has 0 aliphatic carbocycles. The van der Waals surface area contributed by atoms with Crippen molar-refractivity contribution in [2.75, 3.05) is 0 Å². The van der Waals surface area contributed by atoms with E-state index in [0.29, 0.717) is 11.4 Å². The van der Waals surface area contributed by atoms with E-state index < -0.39 is 0 Å². The molecule has 0 fully saturated rings. The van der Waals surface area contributed by atoms with Crippen LogP contribution in [0.25, 0.3) is 0 Å². The molecule has 0 heterocycles. The Morgan fingerprint density at radius 1 is 1.50 bits per heavy atom. The van der Waals surface area contributed by atoms with Crippen LogP contribution in [-0.2, 0) is 4.79 Å². The predicted molar refractivity (Wildman–Crippen MR) is 56.8 cm³/mol. The molecule has 0 spiro atoms. The Labute approximate surface area is 88.2 Å². The zero-order valence-electron chi connectivity index (χ0n) is 7.96. The fraction of sp³-hybridized carbons (Fsp3) is 0.300. The van der Waals surface area contributed by atoms with Crippen LogP contribution < -0.4 is 11.3 Å². The minimum Gasteiger partial charge on any atom is -0.294 e. The summed E-state index contributed by atoms with van der Waals surface area (Å²) in [6.07, 6.45) is 0.713. The van der Waals surface area contributed by atoms with Gasteiger partial charge in [-0.15, -0.1) is 0 Å². The number of carbonyl (C=O) groups is 1. The summed E-state index contributed by atoms with van der Waals surface area (Å²) in [5, 5.41) is 0.664. The first-order valence-corrected chi connectivity index (χ1v) is 4.82. The third-order valence-electron chi connectivity index (χ3n) is 2.14. The van der Waals surface area contributed by atoms with Crippen LogP contribution in [0.15, 0.2) is 24.3 Å². The molecule has 0 saturated carbocycles. The Morgan fingerprint density at radius 2 is 2.07 bits per heavy atom. The number of carbonyl (C=O) groups excluding carboxylic acids is 1. The summed E-state index contributed by atoms with van der Waals surface area (Å²) < 4.78 is 0. The van der Waals surface area contributed by atoms with E-state index in [4.69, 9.17) is 17.4 Å². The van der Waals surface area contributed by atoms with Gasteiger partial charge in [-0.05, 0) is 24.1 Å². The van der Waals surface area contributed by atoms with E-state index >= 15 is 0 Å². The summed E-state index contributed by atoms with van der Waals surface area (Å²) in [6, 6.07) is 7.21. The monoisotopic (exact) mass is 212 g/mol. The molecule has 4 heteroatoms. The van der Waals surface area contributed by atoms with Crippen LogP contribution in [0.4, 0.5) is 0 Å². The lowest BCUT2D eigenvalue weighted by Gasteiger charge is -2.12. The van der Waals surface area contributed by atoms with Gasteiger partial charge >= 0.3 is 0 Å². The second kappa shape index (κ2) is 4.98. The zero-order chi connectivity index (χ0) is 10.6. The van der Waals surface area contributed by atoms with Crippen LogP contribution in [0.2, 0.25) is 5.02 Å². The topological polar surface area (TPSA) is 55.1 Å². The smallest absolute Gasteiger partial charge is 0.241 e. The Bertz CT molecular complexity index is 310. The standard InChI is InChI=1S/C10H13ClN2O/c1-2-9(10(14)13-12)7-3-5-8(11)6-4-7/h3-6,9H,2,12H2,1H3,(H,13,14). The van der Waals surface area contributed by atoms with Crippen LogP contribution in [-0.4, -0.2) is 5.91 Å². The van der Waals surface area contributed by atoms with E-state index in [2.05, 4.69) is 5.43 Å². The Balaban J connectivity index is 2.89. The van der Waals surface area contributed by atoms with Gasteiger partial charge in [0.2, 0.25) is 5.91 Å². The quantitative estimate of drug-likeness (QED) is 0.456. The highest BCUT2D eigenvalue weighted by molar-refractivity contribution is 6.30. The summed E-state index contributed by atoms with van der Waals surface area (Å²) >= 11 is 5.75. The SMILES string of the molecule is CCC(C(=O)NN)c1ccc(Cl)cc1. The fourth-order valence-corrected chi connectivity index (χ4v) is 1.49. The lowest BCUT2D eigenvalue weighted by atomic mass is 9.96. The molecular formula is C10H13ClN2O. The minimum atomic E-state index is -0.197. The van der Waals surface area contributed by atoms with Crippen molar-refractivity contribution in [3.05, 3.63) is 34.9 Å². The zero-order valence-corrected chi connectivity index (χ0v) is 8.71. The molecule has 0 radical (unpaired) electrons. The Hall–Kier alpha value is -1.06. The first-order chi connectivity index (χ1) is 6.69. The van der Waals surface area contributed by atoms with E-state index in [1.807, 2.05) is 19.1 Å². The molecule has 0 aliphatic heterocycles. The average molecular weight is 213 g/mol. The van der Waals surface area contributed by atoms with Crippen molar-refractivity contribution in [2.24, 2.45) is 5.84 Å². The number of nitrogens with two attached hydrogens (primary N) is 1. The van der Waals surface area contributed by atoms with Crippen molar-refractivity contribution >= 4 is 17.5 Å². The fourth-order valence-electron chi connectivity index (χ4n) is 1.37. The van der Waals surface area contributed by atoms with Crippen molar-refractivity contribution < 1.29 is 4.79 Å². The second-order valence-electron chi connectivity index (χ2n) is 3.02. The molecular weight excluding hydrogens is 200 g/mol.